The van der Waals surface area contributed by atoms with Crippen molar-refractivity contribution >= 4 is 10.0 Å². The molecule has 17 heavy (non-hydrogen) atoms. The summed E-state index contributed by atoms with van der Waals surface area (Å²) in [5, 5.41) is 5.06. The van der Waals surface area contributed by atoms with Crippen molar-refractivity contribution in [2.24, 2.45) is 17.0 Å². The summed E-state index contributed by atoms with van der Waals surface area (Å²) in [5.41, 5.74) is 0. The molecule has 1 saturated heterocycles. The van der Waals surface area contributed by atoms with Crippen molar-refractivity contribution in [2.75, 3.05) is 25.6 Å². The van der Waals surface area contributed by atoms with E-state index < -0.39 is 10.0 Å². The van der Waals surface area contributed by atoms with E-state index in [1.54, 1.807) is 0 Å². The maximum atomic E-state index is 11.1. The third-order valence-electron chi connectivity index (χ3n) is 3.05. The molecule has 0 aromatic carbocycles. The zero-order valence-corrected chi connectivity index (χ0v) is 11.4. The lowest BCUT2D eigenvalue weighted by molar-refractivity contribution is 0.00267. The minimum Gasteiger partial charge on any atom is -0.378 e. The molecule has 5 nitrogen and oxygen atoms in total. The Morgan fingerprint density at radius 2 is 2.18 bits per heavy atom. The number of ether oxygens (including phenoxy) is 2. The highest BCUT2D eigenvalue weighted by atomic mass is 32.2. The molecule has 2 unspecified atom stereocenters. The molecule has 0 aromatic heterocycles. The van der Waals surface area contributed by atoms with Crippen LogP contribution in [-0.4, -0.2) is 40.1 Å². The van der Waals surface area contributed by atoms with Crippen molar-refractivity contribution in [3.05, 3.63) is 0 Å². The molecular formula is C11H23NO4S. The minimum absolute atomic E-state index is 0.0177. The number of hydrogen-bond acceptors (Lipinski definition) is 4. The van der Waals surface area contributed by atoms with Gasteiger partial charge in [-0.15, -0.1) is 0 Å². The fraction of sp³-hybridized carbons (Fsp3) is 1.00. The summed E-state index contributed by atoms with van der Waals surface area (Å²) in [5.74, 6) is 0.167. The van der Waals surface area contributed by atoms with E-state index in [2.05, 4.69) is 0 Å². The molecule has 0 radical (unpaired) electrons. The van der Waals surface area contributed by atoms with Crippen LogP contribution in [0.1, 0.15) is 26.7 Å². The lowest BCUT2D eigenvalue weighted by Crippen LogP contribution is -2.30. The molecule has 1 aliphatic heterocycles. The fourth-order valence-electron chi connectivity index (χ4n) is 1.86. The van der Waals surface area contributed by atoms with Gasteiger partial charge in [0.15, 0.2) is 0 Å². The molecule has 6 heteroatoms. The third-order valence-corrected chi connectivity index (χ3v) is 3.94. The Hall–Kier alpha value is -0.170. The topological polar surface area (TPSA) is 78.6 Å². The summed E-state index contributed by atoms with van der Waals surface area (Å²) >= 11 is 0. The largest absolute Gasteiger partial charge is 0.378 e. The van der Waals surface area contributed by atoms with E-state index in [4.69, 9.17) is 14.6 Å². The van der Waals surface area contributed by atoms with Crippen LogP contribution in [0.5, 0.6) is 0 Å². The molecular weight excluding hydrogens is 242 g/mol. The van der Waals surface area contributed by atoms with Crippen LogP contribution in [0, 0.1) is 11.8 Å². The maximum Gasteiger partial charge on any atom is 0.209 e. The van der Waals surface area contributed by atoms with Crippen molar-refractivity contribution in [3.63, 3.8) is 0 Å². The molecule has 0 aliphatic carbocycles. The van der Waals surface area contributed by atoms with Crippen LogP contribution in [0.25, 0.3) is 0 Å². The molecule has 2 N–H and O–H groups in total. The first-order valence-corrected chi connectivity index (χ1v) is 7.80. The van der Waals surface area contributed by atoms with E-state index in [1.807, 2.05) is 13.8 Å². The summed E-state index contributed by atoms with van der Waals surface area (Å²) in [6, 6.07) is 0. The second kappa shape index (κ2) is 6.68. The first kappa shape index (κ1) is 14.9. The summed E-state index contributed by atoms with van der Waals surface area (Å²) in [6.45, 7) is 5.73. The number of primary sulfonamides is 1. The zero-order valence-electron chi connectivity index (χ0n) is 10.6. The van der Waals surface area contributed by atoms with Gasteiger partial charge in [-0.25, -0.2) is 13.6 Å². The van der Waals surface area contributed by atoms with Crippen molar-refractivity contribution in [3.8, 4) is 0 Å². The highest BCUT2D eigenvalue weighted by Gasteiger charge is 2.21. The molecule has 0 spiro atoms. The van der Waals surface area contributed by atoms with Gasteiger partial charge in [0.25, 0.3) is 0 Å². The molecule has 1 aliphatic rings. The van der Waals surface area contributed by atoms with Crippen LogP contribution in [0.4, 0.5) is 0 Å². The van der Waals surface area contributed by atoms with Gasteiger partial charge in [-0.1, -0.05) is 13.8 Å². The van der Waals surface area contributed by atoms with Crippen LogP contribution in [-0.2, 0) is 19.5 Å². The first-order chi connectivity index (χ1) is 7.88. The van der Waals surface area contributed by atoms with Crippen LogP contribution in [0.3, 0.4) is 0 Å². The van der Waals surface area contributed by atoms with Crippen molar-refractivity contribution in [2.45, 2.75) is 32.8 Å². The van der Waals surface area contributed by atoms with Gasteiger partial charge in [0.05, 0.1) is 25.1 Å². The van der Waals surface area contributed by atoms with Gasteiger partial charge in [-0.05, 0) is 24.7 Å². The smallest absolute Gasteiger partial charge is 0.209 e. The lowest BCUT2D eigenvalue weighted by atomic mass is 9.99. The van der Waals surface area contributed by atoms with Crippen LogP contribution in [0.15, 0.2) is 0 Å². The van der Waals surface area contributed by atoms with E-state index in [1.165, 1.54) is 0 Å². The molecule has 0 bridgehead atoms. The average Bonchev–Trinajstić information content (AvgIpc) is 2.67. The highest BCUT2D eigenvalue weighted by molar-refractivity contribution is 7.89. The SMILES string of the molecule is CC(C)C(COCC1CCCO1)CS(N)(=O)=O. The normalized spacial score (nSPS) is 23.2. The van der Waals surface area contributed by atoms with E-state index in [0.717, 1.165) is 19.4 Å². The first-order valence-electron chi connectivity index (χ1n) is 6.08. The lowest BCUT2D eigenvalue weighted by Gasteiger charge is -2.20. The van der Waals surface area contributed by atoms with Gasteiger partial charge in [0.1, 0.15) is 0 Å². The third kappa shape index (κ3) is 6.35. The van der Waals surface area contributed by atoms with Gasteiger partial charge in [-0.2, -0.15) is 0 Å². The Balaban J connectivity index is 2.29. The quantitative estimate of drug-likeness (QED) is 0.736. The molecule has 102 valence electrons. The minimum atomic E-state index is -3.43. The standard InChI is InChI=1S/C11H23NO4S/c1-9(2)10(8-17(12,13)14)6-15-7-11-4-3-5-16-11/h9-11H,3-8H2,1-2H3,(H2,12,13,14). The van der Waals surface area contributed by atoms with Crippen LogP contribution < -0.4 is 5.14 Å². The Labute approximate surface area is 104 Å². The van der Waals surface area contributed by atoms with Crippen LogP contribution in [0.2, 0.25) is 0 Å². The fourth-order valence-corrected chi connectivity index (χ4v) is 2.94. The Morgan fingerprint density at radius 1 is 1.47 bits per heavy atom. The Bertz CT molecular complexity index is 309. The van der Waals surface area contributed by atoms with Gasteiger partial charge >= 0.3 is 0 Å². The monoisotopic (exact) mass is 265 g/mol. The molecule has 1 heterocycles. The predicted molar refractivity (Wildman–Crippen MR) is 66.1 cm³/mol. The summed E-state index contributed by atoms with van der Waals surface area (Å²) in [4.78, 5) is 0. The van der Waals surface area contributed by atoms with Gasteiger partial charge < -0.3 is 9.47 Å². The number of hydrogen-bond donors (Lipinski definition) is 1. The highest BCUT2D eigenvalue weighted by Crippen LogP contribution is 2.16. The summed E-state index contributed by atoms with van der Waals surface area (Å²) in [6.07, 6.45) is 2.29. The van der Waals surface area contributed by atoms with Crippen LogP contribution >= 0.6 is 0 Å². The molecule has 2 atom stereocenters. The average molecular weight is 265 g/mol. The Morgan fingerprint density at radius 3 is 2.65 bits per heavy atom. The van der Waals surface area contributed by atoms with E-state index >= 15 is 0 Å². The predicted octanol–water partition coefficient (Wildman–Crippen LogP) is 0.743. The molecule has 1 rings (SSSR count). The zero-order chi connectivity index (χ0) is 12.9. The van der Waals surface area contributed by atoms with Crippen molar-refractivity contribution in [1.82, 2.24) is 0 Å². The van der Waals surface area contributed by atoms with E-state index in [0.29, 0.717) is 13.2 Å². The van der Waals surface area contributed by atoms with E-state index in [9.17, 15) is 8.42 Å². The van der Waals surface area contributed by atoms with Crippen molar-refractivity contribution < 1.29 is 17.9 Å². The number of sulfonamides is 1. The van der Waals surface area contributed by atoms with Gasteiger partial charge in [0.2, 0.25) is 10.0 Å². The Kier molecular flexibility index (Phi) is 5.85. The maximum absolute atomic E-state index is 11.1. The van der Waals surface area contributed by atoms with Gasteiger partial charge in [0, 0.05) is 6.61 Å². The molecule has 0 saturated carbocycles. The second-order valence-electron chi connectivity index (χ2n) is 5.01. The summed E-state index contributed by atoms with van der Waals surface area (Å²) < 4.78 is 33.1. The molecule has 0 amide bonds. The molecule has 0 aromatic rings. The van der Waals surface area contributed by atoms with E-state index in [-0.39, 0.29) is 23.7 Å². The van der Waals surface area contributed by atoms with Gasteiger partial charge in [-0.3, -0.25) is 0 Å². The van der Waals surface area contributed by atoms with Crippen molar-refractivity contribution in [1.29, 1.82) is 0 Å². The summed E-state index contributed by atoms with van der Waals surface area (Å²) in [7, 11) is -3.43. The molecule has 1 fully saturated rings. The number of nitrogens with two attached hydrogens (primary N) is 1. The number of rotatable bonds is 7. The second-order valence-corrected chi connectivity index (χ2v) is 6.67.